The van der Waals surface area contributed by atoms with Gasteiger partial charge in [-0.15, -0.1) is 23.5 Å². The minimum Gasteiger partial charge on any atom is -0.478 e. The number of rotatable bonds is 8. The fourth-order valence-corrected chi connectivity index (χ4v) is 4.31. The van der Waals surface area contributed by atoms with Crippen LogP contribution in [-0.4, -0.2) is 22.1 Å². The van der Waals surface area contributed by atoms with E-state index in [4.69, 9.17) is 0 Å². The third kappa shape index (κ3) is 5.77. The molecule has 0 aliphatic rings. The summed E-state index contributed by atoms with van der Waals surface area (Å²) in [6.45, 7) is 7.89. The summed E-state index contributed by atoms with van der Waals surface area (Å²) in [5.74, 6) is -0.0567. The molecule has 24 heavy (non-hydrogen) atoms. The van der Waals surface area contributed by atoms with Crippen LogP contribution in [0, 0.1) is 13.8 Å². The molecule has 2 nitrogen and oxygen atoms in total. The van der Waals surface area contributed by atoms with Gasteiger partial charge in [-0.25, -0.2) is 4.79 Å². The molecular weight excluding hydrogens is 336 g/mol. The number of hydrogen-bond acceptors (Lipinski definition) is 3. The van der Waals surface area contributed by atoms with Gasteiger partial charge in [0.05, 0.1) is 0 Å². The van der Waals surface area contributed by atoms with Gasteiger partial charge in [-0.3, -0.25) is 0 Å². The Morgan fingerprint density at radius 1 is 1.00 bits per heavy atom. The molecule has 1 unspecified atom stereocenters. The molecule has 0 aromatic heterocycles. The Kier molecular flexibility index (Phi) is 7.00. The van der Waals surface area contributed by atoms with Gasteiger partial charge >= 0.3 is 5.97 Å². The molecule has 0 heterocycles. The molecule has 2 aromatic carbocycles. The standard InChI is InChI=1S/C20H22O2S2/c1-14-4-8-17(9-5-14)23-13-12-19(16(3)20(21)22)24-18-10-6-15(2)7-11-18/h4-11,19H,3,12-13H2,1-2H3,(H,21,22). The quantitative estimate of drug-likeness (QED) is 0.493. The summed E-state index contributed by atoms with van der Waals surface area (Å²) in [5.41, 5.74) is 2.71. The van der Waals surface area contributed by atoms with E-state index in [1.165, 1.54) is 16.0 Å². The van der Waals surface area contributed by atoms with Crippen molar-refractivity contribution in [2.75, 3.05) is 5.75 Å². The van der Waals surface area contributed by atoms with Crippen LogP contribution in [0.3, 0.4) is 0 Å². The predicted octanol–water partition coefficient (Wildman–Crippen LogP) is 5.59. The zero-order valence-corrected chi connectivity index (χ0v) is 15.6. The van der Waals surface area contributed by atoms with E-state index in [9.17, 15) is 9.90 Å². The summed E-state index contributed by atoms with van der Waals surface area (Å²) >= 11 is 3.33. The van der Waals surface area contributed by atoms with Gasteiger partial charge in [-0.05, 0) is 50.3 Å². The third-order valence-electron chi connectivity index (χ3n) is 3.63. The van der Waals surface area contributed by atoms with Gasteiger partial charge < -0.3 is 5.11 Å². The molecule has 0 radical (unpaired) electrons. The number of carboxylic acid groups (broad SMARTS) is 1. The Balaban J connectivity index is 1.97. The van der Waals surface area contributed by atoms with E-state index >= 15 is 0 Å². The first-order valence-electron chi connectivity index (χ1n) is 7.80. The monoisotopic (exact) mass is 358 g/mol. The van der Waals surface area contributed by atoms with E-state index in [1.807, 2.05) is 31.2 Å². The van der Waals surface area contributed by atoms with E-state index in [-0.39, 0.29) is 10.8 Å². The van der Waals surface area contributed by atoms with Crippen molar-refractivity contribution in [3.05, 3.63) is 71.8 Å². The maximum Gasteiger partial charge on any atom is 0.332 e. The van der Waals surface area contributed by atoms with Gasteiger partial charge in [0.2, 0.25) is 0 Å². The Bertz CT molecular complexity index is 691. The van der Waals surface area contributed by atoms with Crippen LogP contribution < -0.4 is 0 Å². The number of carbonyl (C=O) groups is 1. The number of aliphatic carboxylic acids is 1. The van der Waals surface area contributed by atoms with Crippen molar-refractivity contribution in [2.45, 2.75) is 35.3 Å². The van der Waals surface area contributed by atoms with Gasteiger partial charge in [-0.1, -0.05) is 42.0 Å². The van der Waals surface area contributed by atoms with Crippen LogP contribution in [0.4, 0.5) is 0 Å². The van der Waals surface area contributed by atoms with Crippen molar-refractivity contribution in [1.29, 1.82) is 0 Å². The molecule has 0 saturated heterocycles. The zero-order chi connectivity index (χ0) is 17.5. The van der Waals surface area contributed by atoms with Crippen LogP contribution in [-0.2, 0) is 4.79 Å². The molecule has 0 saturated carbocycles. The fraction of sp³-hybridized carbons (Fsp3) is 0.250. The fourth-order valence-electron chi connectivity index (χ4n) is 2.14. The van der Waals surface area contributed by atoms with Crippen LogP contribution in [0.5, 0.6) is 0 Å². The summed E-state index contributed by atoms with van der Waals surface area (Å²) in [7, 11) is 0. The molecule has 0 aliphatic carbocycles. The molecule has 0 fully saturated rings. The summed E-state index contributed by atoms with van der Waals surface area (Å²) in [6.07, 6.45) is 0.766. The Hall–Kier alpha value is -1.65. The number of benzene rings is 2. The highest BCUT2D eigenvalue weighted by Gasteiger charge is 2.19. The molecule has 1 atom stereocenters. The van der Waals surface area contributed by atoms with Crippen molar-refractivity contribution in [2.24, 2.45) is 0 Å². The first kappa shape index (κ1) is 18.7. The van der Waals surface area contributed by atoms with Crippen molar-refractivity contribution < 1.29 is 9.90 Å². The lowest BCUT2D eigenvalue weighted by atomic mass is 10.2. The van der Waals surface area contributed by atoms with Crippen LogP contribution in [0.15, 0.2) is 70.5 Å². The first-order valence-corrected chi connectivity index (χ1v) is 9.67. The highest BCUT2D eigenvalue weighted by Crippen LogP contribution is 2.32. The smallest absolute Gasteiger partial charge is 0.332 e. The molecule has 2 rings (SSSR count). The van der Waals surface area contributed by atoms with Gasteiger partial charge in [0.1, 0.15) is 0 Å². The Morgan fingerprint density at radius 2 is 1.50 bits per heavy atom. The van der Waals surface area contributed by atoms with Crippen molar-refractivity contribution in [1.82, 2.24) is 0 Å². The second kappa shape index (κ2) is 9.00. The summed E-state index contributed by atoms with van der Waals surface area (Å²) < 4.78 is 0. The average molecular weight is 359 g/mol. The van der Waals surface area contributed by atoms with E-state index in [0.29, 0.717) is 0 Å². The van der Waals surface area contributed by atoms with Crippen molar-refractivity contribution in [3.63, 3.8) is 0 Å². The highest BCUT2D eigenvalue weighted by molar-refractivity contribution is 8.00. The van der Waals surface area contributed by atoms with Gasteiger partial charge in [0.25, 0.3) is 0 Å². The van der Waals surface area contributed by atoms with Crippen molar-refractivity contribution in [3.8, 4) is 0 Å². The van der Waals surface area contributed by atoms with Crippen LogP contribution >= 0.6 is 23.5 Å². The Morgan fingerprint density at radius 3 is 2.00 bits per heavy atom. The summed E-state index contributed by atoms with van der Waals surface area (Å²) in [6, 6.07) is 16.6. The third-order valence-corrected chi connectivity index (χ3v) is 6.03. The van der Waals surface area contributed by atoms with Crippen molar-refractivity contribution >= 4 is 29.5 Å². The second-order valence-corrected chi connectivity index (χ2v) is 8.14. The van der Waals surface area contributed by atoms with E-state index in [2.05, 4.69) is 37.8 Å². The minimum absolute atomic E-state index is 0.122. The molecule has 0 aliphatic heterocycles. The van der Waals surface area contributed by atoms with Gasteiger partial charge in [0.15, 0.2) is 0 Å². The van der Waals surface area contributed by atoms with Crippen LogP contribution in [0.25, 0.3) is 0 Å². The van der Waals surface area contributed by atoms with Crippen LogP contribution in [0.2, 0.25) is 0 Å². The first-order chi connectivity index (χ1) is 11.5. The molecule has 1 N–H and O–H groups in total. The number of carboxylic acids is 1. The predicted molar refractivity (Wildman–Crippen MR) is 104 cm³/mol. The molecule has 0 amide bonds. The number of aryl methyl sites for hydroxylation is 2. The largest absolute Gasteiger partial charge is 0.478 e. The second-order valence-electron chi connectivity index (χ2n) is 5.70. The minimum atomic E-state index is -0.917. The van der Waals surface area contributed by atoms with E-state index in [0.717, 1.165) is 17.1 Å². The molecule has 0 spiro atoms. The maximum atomic E-state index is 11.3. The Labute approximate surface area is 152 Å². The molecule has 4 heteroatoms. The topological polar surface area (TPSA) is 37.3 Å². The SMILES string of the molecule is C=C(C(=O)O)C(CCSc1ccc(C)cc1)Sc1ccc(C)cc1. The molecule has 0 bridgehead atoms. The van der Waals surface area contributed by atoms with E-state index < -0.39 is 5.97 Å². The normalized spacial score (nSPS) is 11.9. The molecule has 2 aromatic rings. The average Bonchev–Trinajstić information content (AvgIpc) is 2.57. The van der Waals surface area contributed by atoms with Gasteiger partial charge in [-0.2, -0.15) is 0 Å². The summed E-state index contributed by atoms with van der Waals surface area (Å²) in [4.78, 5) is 13.6. The lowest BCUT2D eigenvalue weighted by Crippen LogP contribution is -2.15. The molecule has 126 valence electrons. The summed E-state index contributed by atoms with van der Waals surface area (Å²) in [5, 5.41) is 9.18. The molecular formula is C20H22O2S2. The number of thioether (sulfide) groups is 2. The lowest BCUT2D eigenvalue weighted by molar-refractivity contribution is -0.132. The van der Waals surface area contributed by atoms with Gasteiger partial charge in [0, 0.05) is 20.6 Å². The zero-order valence-electron chi connectivity index (χ0n) is 14.0. The maximum absolute atomic E-state index is 11.3. The van der Waals surface area contributed by atoms with Crippen LogP contribution in [0.1, 0.15) is 17.5 Å². The van der Waals surface area contributed by atoms with E-state index in [1.54, 1.807) is 23.5 Å². The number of hydrogen-bond donors (Lipinski definition) is 1. The highest BCUT2D eigenvalue weighted by atomic mass is 32.2. The lowest BCUT2D eigenvalue weighted by Gasteiger charge is -2.16.